The van der Waals surface area contributed by atoms with Crippen LogP contribution in [-0.4, -0.2) is 74.6 Å². The first-order valence-corrected chi connectivity index (χ1v) is 16.0. The highest BCUT2D eigenvalue weighted by atomic mass is 16.6. The Balaban J connectivity index is 1.31. The van der Waals surface area contributed by atoms with Gasteiger partial charge in [-0.3, -0.25) is 4.79 Å². The molecule has 2 atom stereocenters. The van der Waals surface area contributed by atoms with Crippen molar-refractivity contribution >= 4 is 29.4 Å². The molecular weight excluding hydrogens is 586 g/mol. The fraction of sp³-hybridized carbons (Fsp3) is 0.559. The van der Waals surface area contributed by atoms with Crippen LogP contribution >= 0.6 is 0 Å². The van der Waals surface area contributed by atoms with Crippen LogP contribution in [0.5, 0.6) is 0 Å². The molecule has 246 valence electrons. The van der Waals surface area contributed by atoms with Crippen LogP contribution in [0.3, 0.4) is 0 Å². The third kappa shape index (κ3) is 6.46. The van der Waals surface area contributed by atoms with Gasteiger partial charge in [0.2, 0.25) is 5.95 Å². The van der Waals surface area contributed by atoms with Crippen molar-refractivity contribution in [3.63, 3.8) is 0 Å². The molecular formula is C34H45N7O5. The predicted octanol–water partition coefficient (Wildman–Crippen LogP) is 5.47. The second-order valence-corrected chi connectivity index (χ2v) is 14.4. The topological polar surface area (TPSA) is 124 Å². The summed E-state index contributed by atoms with van der Waals surface area (Å²) in [6.45, 7) is 14.1. The minimum atomic E-state index is -0.591. The number of pyridine rings is 2. The first-order valence-electron chi connectivity index (χ1n) is 16.0. The standard InChI is InChI=1S/C34H45N7O5/c1-32(2,3)46-31(43)39(7)20-23-9-8-10-27(36-23)41-26-18-33(4,5)45-21-34(26,6)25-19-35-30(38-29(25)41)37-22-11-14-40(28(42)17-22)24-12-15-44-16-13-24/h8-11,14,17,19,24,26H,12-13,15-16,18,20-21H2,1-7H3,(H,35,37,38)/t26-,34-/m1/s1. The highest BCUT2D eigenvalue weighted by Gasteiger charge is 2.55. The molecule has 3 aromatic rings. The number of anilines is 4. The first-order chi connectivity index (χ1) is 21.7. The second kappa shape index (κ2) is 12.0. The molecule has 3 aliphatic rings. The van der Waals surface area contributed by atoms with Gasteiger partial charge in [0.15, 0.2) is 0 Å². The van der Waals surface area contributed by atoms with Crippen molar-refractivity contribution in [2.45, 2.75) is 96.1 Å². The van der Waals surface area contributed by atoms with Crippen LogP contribution in [0, 0.1) is 0 Å². The third-order valence-corrected chi connectivity index (χ3v) is 9.04. The Kier molecular flexibility index (Phi) is 8.30. The maximum Gasteiger partial charge on any atom is 0.410 e. The van der Waals surface area contributed by atoms with E-state index in [0.29, 0.717) is 31.5 Å². The summed E-state index contributed by atoms with van der Waals surface area (Å²) in [5.41, 5.74) is 0.940. The second-order valence-electron chi connectivity index (χ2n) is 14.4. The number of carbonyl (C=O) groups excluding carboxylic acids is 1. The van der Waals surface area contributed by atoms with E-state index in [0.717, 1.165) is 42.2 Å². The van der Waals surface area contributed by atoms with Crippen LogP contribution in [0.1, 0.15) is 78.1 Å². The molecule has 6 heterocycles. The van der Waals surface area contributed by atoms with E-state index in [1.54, 1.807) is 17.7 Å². The summed E-state index contributed by atoms with van der Waals surface area (Å²) in [7, 11) is 1.71. The molecule has 0 spiro atoms. The van der Waals surface area contributed by atoms with Crippen LogP contribution in [-0.2, 0) is 26.2 Å². The van der Waals surface area contributed by atoms with Gasteiger partial charge in [-0.1, -0.05) is 13.0 Å². The summed E-state index contributed by atoms with van der Waals surface area (Å²) in [6, 6.07) is 9.45. The third-order valence-electron chi connectivity index (χ3n) is 9.04. The molecule has 46 heavy (non-hydrogen) atoms. The smallest absolute Gasteiger partial charge is 0.410 e. The van der Waals surface area contributed by atoms with Gasteiger partial charge in [-0.15, -0.1) is 0 Å². The van der Waals surface area contributed by atoms with Gasteiger partial charge in [0.25, 0.3) is 5.56 Å². The Bertz CT molecular complexity index is 1660. The van der Waals surface area contributed by atoms with Crippen LogP contribution in [0.15, 0.2) is 47.5 Å². The molecule has 3 aliphatic heterocycles. The van der Waals surface area contributed by atoms with Crippen molar-refractivity contribution in [2.75, 3.05) is 37.1 Å². The molecule has 2 saturated heterocycles. The van der Waals surface area contributed by atoms with E-state index in [2.05, 4.69) is 36.0 Å². The summed E-state index contributed by atoms with van der Waals surface area (Å²) in [5.74, 6) is 1.86. The van der Waals surface area contributed by atoms with E-state index in [1.165, 1.54) is 4.90 Å². The zero-order valence-corrected chi connectivity index (χ0v) is 27.9. The fourth-order valence-corrected chi connectivity index (χ4v) is 6.56. The molecule has 0 bridgehead atoms. The molecule has 0 saturated carbocycles. The van der Waals surface area contributed by atoms with Gasteiger partial charge < -0.3 is 33.9 Å². The first kappa shape index (κ1) is 31.9. The monoisotopic (exact) mass is 631 g/mol. The Morgan fingerprint density at radius 1 is 1.15 bits per heavy atom. The summed E-state index contributed by atoms with van der Waals surface area (Å²) in [5, 5.41) is 3.26. The maximum atomic E-state index is 13.0. The van der Waals surface area contributed by atoms with E-state index >= 15 is 0 Å². The maximum absolute atomic E-state index is 13.0. The summed E-state index contributed by atoms with van der Waals surface area (Å²) < 4.78 is 19.1. The van der Waals surface area contributed by atoms with Crippen molar-refractivity contribution in [3.8, 4) is 0 Å². The van der Waals surface area contributed by atoms with Crippen molar-refractivity contribution in [3.05, 3.63) is 64.3 Å². The van der Waals surface area contributed by atoms with E-state index in [-0.39, 0.29) is 35.2 Å². The molecule has 6 rings (SSSR count). The number of carbonyl (C=O) groups is 1. The molecule has 0 radical (unpaired) electrons. The number of rotatable bonds is 6. The predicted molar refractivity (Wildman–Crippen MR) is 175 cm³/mol. The minimum Gasteiger partial charge on any atom is -0.444 e. The van der Waals surface area contributed by atoms with Crippen LogP contribution in [0.4, 0.5) is 28.1 Å². The Hall–Kier alpha value is -4.03. The summed E-state index contributed by atoms with van der Waals surface area (Å²) in [4.78, 5) is 44.1. The molecule has 0 aromatic carbocycles. The molecule has 3 aromatic heterocycles. The van der Waals surface area contributed by atoms with E-state index in [9.17, 15) is 9.59 Å². The number of aromatic nitrogens is 4. The molecule has 1 amide bonds. The van der Waals surface area contributed by atoms with Crippen molar-refractivity contribution in [2.24, 2.45) is 0 Å². The number of ether oxygens (including phenoxy) is 3. The van der Waals surface area contributed by atoms with Crippen molar-refractivity contribution < 1.29 is 19.0 Å². The largest absolute Gasteiger partial charge is 0.444 e. The zero-order chi connectivity index (χ0) is 32.9. The Morgan fingerprint density at radius 2 is 1.91 bits per heavy atom. The Morgan fingerprint density at radius 3 is 2.63 bits per heavy atom. The Labute approximate surface area is 270 Å². The molecule has 12 heteroatoms. The SMILES string of the molecule is CN(Cc1cccc(N2c3nc(Nc4ccn(C5CCOCC5)c(=O)c4)ncc3[C@@]3(C)COC(C)(C)C[C@@H]23)n1)C(=O)OC(C)(C)C. The summed E-state index contributed by atoms with van der Waals surface area (Å²) >= 11 is 0. The number of amides is 1. The number of hydrogen-bond donors (Lipinski definition) is 1. The lowest BCUT2D eigenvalue weighted by atomic mass is 9.73. The van der Waals surface area contributed by atoms with Crippen molar-refractivity contribution in [1.29, 1.82) is 0 Å². The van der Waals surface area contributed by atoms with Gasteiger partial charge in [-0.25, -0.2) is 14.8 Å². The molecule has 0 aliphatic carbocycles. The number of hydrogen-bond acceptors (Lipinski definition) is 10. The van der Waals surface area contributed by atoms with Crippen LogP contribution in [0.25, 0.3) is 0 Å². The molecule has 1 N–H and O–H groups in total. The lowest BCUT2D eigenvalue weighted by Gasteiger charge is -2.46. The number of nitrogens with zero attached hydrogens (tertiary/aromatic N) is 6. The average Bonchev–Trinajstić information content (AvgIpc) is 3.23. The van der Waals surface area contributed by atoms with Gasteiger partial charge in [0.1, 0.15) is 17.2 Å². The van der Waals surface area contributed by atoms with Crippen molar-refractivity contribution in [1.82, 2.24) is 24.4 Å². The van der Waals surface area contributed by atoms with Gasteiger partial charge >= 0.3 is 6.09 Å². The number of nitrogens with one attached hydrogen (secondary N) is 1. The average molecular weight is 632 g/mol. The normalized spacial score (nSPS) is 22.6. The lowest BCUT2D eigenvalue weighted by Crippen LogP contribution is -2.54. The van der Waals surface area contributed by atoms with Gasteiger partial charge in [0.05, 0.1) is 30.5 Å². The molecule has 2 fully saturated rings. The molecule has 12 nitrogen and oxygen atoms in total. The quantitative estimate of drug-likeness (QED) is 0.374. The van der Waals surface area contributed by atoms with Gasteiger partial charge in [0, 0.05) is 61.4 Å². The summed E-state index contributed by atoms with van der Waals surface area (Å²) in [6.07, 6.45) is 5.68. The highest BCUT2D eigenvalue weighted by molar-refractivity contribution is 5.71. The van der Waals surface area contributed by atoms with Crippen LogP contribution in [0.2, 0.25) is 0 Å². The number of fused-ring (bicyclic) bond motifs is 3. The van der Waals surface area contributed by atoms with Gasteiger partial charge in [-0.05, 0) is 72.1 Å². The highest BCUT2D eigenvalue weighted by Crippen LogP contribution is 2.53. The van der Waals surface area contributed by atoms with Crippen LogP contribution < -0.4 is 15.8 Å². The minimum absolute atomic E-state index is 0.00513. The van der Waals surface area contributed by atoms with E-state index in [4.69, 9.17) is 24.2 Å². The van der Waals surface area contributed by atoms with Gasteiger partial charge in [-0.2, -0.15) is 4.98 Å². The fourth-order valence-electron chi connectivity index (χ4n) is 6.56. The lowest BCUT2D eigenvalue weighted by molar-refractivity contribution is -0.0893. The zero-order valence-electron chi connectivity index (χ0n) is 27.9. The van der Waals surface area contributed by atoms with E-state index < -0.39 is 11.7 Å². The van der Waals surface area contributed by atoms with E-state index in [1.807, 2.05) is 57.4 Å². The molecule has 0 unspecified atom stereocenters.